The number of likely N-dealkylation sites (tertiary alicyclic amines) is 1. The van der Waals surface area contributed by atoms with Crippen LogP contribution < -0.4 is 0 Å². The maximum Gasteiger partial charge on any atom is 0.110 e. The number of hydrogen-bond acceptors (Lipinski definition) is 2. The van der Waals surface area contributed by atoms with Crippen molar-refractivity contribution in [3.8, 4) is 0 Å². The second-order valence-electron chi connectivity index (χ2n) is 5.44. The van der Waals surface area contributed by atoms with E-state index in [0.717, 1.165) is 5.92 Å². The third-order valence-corrected chi connectivity index (χ3v) is 4.54. The third kappa shape index (κ3) is 1.000. The molecule has 0 amide bonds. The zero-order valence-electron chi connectivity index (χ0n) is 9.90. The highest BCUT2D eigenvalue weighted by molar-refractivity contribution is 5.29. The molecule has 0 bridgehead atoms. The lowest BCUT2D eigenvalue weighted by atomic mass is 9.73. The Bertz CT molecular complexity index is 344. The fourth-order valence-corrected chi connectivity index (χ4v) is 3.89. The number of allylic oxidation sites excluding steroid dienone is 2. The van der Waals surface area contributed by atoms with E-state index in [1.165, 1.54) is 19.3 Å². The summed E-state index contributed by atoms with van der Waals surface area (Å²) in [6.07, 6.45) is 11.7. The van der Waals surface area contributed by atoms with Crippen LogP contribution >= 0.6 is 0 Å². The van der Waals surface area contributed by atoms with Crippen molar-refractivity contribution >= 4 is 0 Å². The maximum absolute atomic E-state index is 2.49. The van der Waals surface area contributed by atoms with Gasteiger partial charge in [0.25, 0.3) is 0 Å². The van der Waals surface area contributed by atoms with Gasteiger partial charge < -0.3 is 9.80 Å². The maximum atomic E-state index is 2.49. The normalized spacial score (nSPS) is 43.0. The Kier molecular flexibility index (Phi) is 1.74. The van der Waals surface area contributed by atoms with E-state index in [9.17, 15) is 0 Å². The highest BCUT2D eigenvalue weighted by atomic mass is 15.4. The molecule has 1 aliphatic carbocycles. The van der Waals surface area contributed by atoms with Crippen molar-refractivity contribution in [3.63, 3.8) is 0 Å². The molecular formula is C13H20N2. The molecule has 82 valence electrons. The predicted octanol–water partition coefficient (Wildman–Crippen LogP) is 2.41. The van der Waals surface area contributed by atoms with Crippen molar-refractivity contribution in [2.24, 2.45) is 11.3 Å². The molecule has 1 saturated heterocycles. The van der Waals surface area contributed by atoms with Crippen LogP contribution in [0.3, 0.4) is 0 Å². The summed E-state index contributed by atoms with van der Waals surface area (Å²) < 4.78 is 0. The van der Waals surface area contributed by atoms with Gasteiger partial charge in [-0.05, 0) is 25.5 Å². The largest absolute Gasteiger partial charge is 0.360 e. The molecule has 3 rings (SSSR count). The molecule has 15 heavy (non-hydrogen) atoms. The summed E-state index contributed by atoms with van der Waals surface area (Å²) in [5, 5.41) is 0. The van der Waals surface area contributed by atoms with Gasteiger partial charge in [0.1, 0.15) is 6.17 Å². The molecule has 3 atom stereocenters. The molecule has 0 N–H and O–H groups in total. The third-order valence-electron chi connectivity index (χ3n) is 4.54. The van der Waals surface area contributed by atoms with Gasteiger partial charge in [-0.15, -0.1) is 0 Å². The molecule has 0 saturated carbocycles. The Morgan fingerprint density at radius 3 is 3.00 bits per heavy atom. The molecule has 0 radical (unpaired) electrons. The van der Waals surface area contributed by atoms with Gasteiger partial charge in [0, 0.05) is 31.1 Å². The summed E-state index contributed by atoms with van der Waals surface area (Å²) in [7, 11) is 4.45. The van der Waals surface area contributed by atoms with Crippen molar-refractivity contribution in [2.75, 3.05) is 14.1 Å². The van der Waals surface area contributed by atoms with E-state index in [-0.39, 0.29) is 0 Å². The van der Waals surface area contributed by atoms with Crippen LogP contribution in [0.5, 0.6) is 0 Å². The molecule has 0 aromatic rings. The Morgan fingerprint density at radius 1 is 1.40 bits per heavy atom. The Morgan fingerprint density at radius 2 is 2.20 bits per heavy atom. The van der Waals surface area contributed by atoms with Gasteiger partial charge in [0.2, 0.25) is 0 Å². The summed E-state index contributed by atoms with van der Waals surface area (Å²) in [5.74, 6) is 0.752. The molecule has 2 heteroatoms. The van der Waals surface area contributed by atoms with Crippen LogP contribution in [0.15, 0.2) is 24.0 Å². The first-order valence-electron chi connectivity index (χ1n) is 5.99. The SMILES string of the molecule is CN1C=CC2(C)C3CCCC=C3N(C)C12. The summed E-state index contributed by atoms with van der Waals surface area (Å²) in [6.45, 7) is 2.42. The van der Waals surface area contributed by atoms with Gasteiger partial charge in [-0.25, -0.2) is 0 Å². The van der Waals surface area contributed by atoms with Crippen LogP contribution in [-0.4, -0.2) is 30.1 Å². The van der Waals surface area contributed by atoms with Crippen molar-refractivity contribution in [1.82, 2.24) is 9.80 Å². The minimum Gasteiger partial charge on any atom is -0.360 e. The smallest absolute Gasteiger partial charge is 0.110 e. The predicted molar refractivity (Wildman–Crippen MR) is 62.0 cm³/mol. The summed E-state index contributed by atoms with van der Waals surface area (Å²) in [6, 6.07) is 0. The first-order chi connectivity index (χ1) is 7.14. The molecule has 0 aromatic heterocycles. The number of rotatable bonds is 0. The average molecular weight is 204 g/mol. The lowest BCUT2D eigenvalue weighted by molar-refractivity contribution is 0.122. The van der Waals surface area contributed by atoms with Gasteiger partial charge in [-0.3, -0.25) is 0 Å². The molecule has 3 unspecified atom stereocenters. The Hall–Kier alpha value is -0.920. The molecule has 0 aromatic carbocycles. The van der Waals surface area contributed by atoms with E-state index in [1.54, 1.807) is 5.70 Å². The standard InChI is InChI=1S/C13H20N2/c1-13-8-9-14(2)12(13)15(3)11-7-5-4-6-10(11)13/h7-10,12H,4-6H2,1-3H3. The van der Waals surface area contributed by atoms with Crippen LogP contribution in [0.2, 0.25) is 0 Å². The first-order valence-corrected chi connectivity index (χ1v) is 5.99. The quantitative estimate of drug-likeness (QED) is 0.598. The second kappa shape index (κ2) is 2.81. The second-order valence-corrected chi connectivity index (χ2v) is 5.44. The van der Waals surface area contributed by atoms with Crippen LogP contribution in [0.1, 0.15) is 26.2 Å². The lowest BCUT2D eigenvalue weighted by Crippen LogP contribution is -2.42. The Balaban J connectivity index is 2.07. The fourth-order valence-electron chi connectivity index (χ4n) is 3.89. The van der Waals surface area contributed by atoms with Crippen LogP contribution in [0, 0.1) is 11.3 Å². The minimum atomic E-state index is 0.343. The van der Waals surface area contributed by atoms with Crippen LogP contribution in [-0.2, 0) is 0 Å². The molecule has 2 nitrogen and oxygen atoms in total. The van der Waals surface area contributed by atoms with E-state index in [0.29, 0.717) is 11.6 Å². The van der Waals surface area contributed by atoms with E-state index in [2.05, 4.69) is 49.2 Å². The lowest BCUT2D eigenvalue weighted by Gasteiger charge is -2.33. The van der Waals surface area contributed by atoms with Gasteiger partial charge in [-0.2, -0.15) is 0 Å². The van der Waals surface area contributed by atoms with Crippen molar-refractivity contribution < 1.29 is 0 Å². The van der Waals surface area contributed by atoms with Gasteiger partial charge in [0.15, 0.2) is 0 Å². The highest BCUT2D eigenvalue weighted by Gasteiger charge is 2.54. The Labute approximate surface area is 92.2 Å². The summed E-state index contributed by atoms with van der Waals surface area (Å²) in [4.78, 5) is 4.85. The number of nitrogens with zero attached hydrogens (tertiary/aromatic N) is 2. The molecule has 3 aliphatic rings. The summed E-state index contributed by atoms with van der Waals surface area (Å²) in [5.41, 5.74) is 1.93. The van der Waals surface area contributed by atoms with Gasteiger partial charge in [-0.1, -0.05) is 19.1 Å². The minimum absolute atomic E-state index is 0.343. The molecule has 2 aliphatic heterocycles. The van der Waals surface area contributed by atoms with Crippen LogP contribution in [0.4, 0.5) is 0 Å². The number of hydrogen-bond donors (Lipinski definition) is 0. The fraction of sp³-hybridized carbons (Fsp3) is 0.692. The van der Waals surface area contributed by atoms with Crippen molar-refractivity contribution in [1.29, 1.82) is 0 Å². The molecule has 2 heterocycles. The monoisotopic (exact) mass is 204 g/mol. The van der Waals surface area contributed by atoms with E-state index in [1.807, 2.05) is 0 Å². The number of fused-ring (bicyclic) bond motifs is 3. The van der Waals surface area contributed by atoms with Gasteiger partial charge >= 0.3 is 0 Å². The van der Waals surface area contributed by atoms with E-state index < -0.39 is 0 Å². The van der Waals surface area contributed by atoms with E-state index >= 15 is 0 Å². The summed E-state index contributed by atoms with van der Waals surface area (Å²) >= 11 is 0. The van der Waals surface area contributed by atoms with E-state index in [4.69, 9.17) is 0 Å². The molecular weight excluding hydrogens is 184 g/mol. The topological polar surface area (TPSA) is 6.48 Å². The zero-order chi connectivity index (χ0) is 10.6. The van der Waals surface area contributed by atoms with Crippen molar-refractivity contribution in [3.05, 3.63) is 24.0 Å². The van der Waals surface area contributed by atoms with Crippen LogP contribution in [0.25, 0.3) is 0 Å². The molecule has 1 fully saturated rings. The zero-order valence-corrected chi connectivity index (χ0v) is 9.90. The first kappa shape index (κ1) is 9.32. The highest BCUT2D eigenvalue weighted by Crippen LogP contribution is 2.54. The van der Waals surface area contributed by atoms with Crippen molar-refractivity contribution in [2.45, 2.75) is 32.4 Å². The van der Waals surface area contributed by atoms with Gasteiger partial charge in [0.05, 0.1) is 0 Å². The average Bonchev–Trinajstić information content (AvgIpc) is 2.65. The molecule has 0 spiro atoms.